The van der Waals surface area contributed by atoms with Crippen molar-refractivity contribution < 1.29 is 9.84 Å². The van der Waals surface area contributed by atoms with Crippen molar-refractivity contribution >= 4 is 0 Å². The Bertz CT molecular complexity index is 299. The van der Waals surface area contributed by atoms with Crippen molar-refractivity contribution in [2.75, 3.05) is 6.61 Å². The van der Waals surface area contributed by atoms with E-state index >= 15 is 0 Å². The van der Waals surface area contributed by atoms with E-state index < -0.39 is 6.10 Å². The molecule has 1 N–H and O–H groups in total. The first-order valence-corrected chi connectivity index (χ1v) is 5.41. The van der Waals surface area contributed by atoms with E-state index in [1.165, 1.54) is 0 Å². The van der Waals surface area contributed by atoms with Crippen LogP contribution in [0.25, 0.3) is 0 Å². The van der Waals surface area contributed by atoms with Crippen LogP contribution in [0.2, 0.25) is 0 Å². The maximum atomic E-state index is 9.85. The largest absolute Gasteiger partial charge is 0.492 e. The van der Waals surface area contributed by atoms with Crippen LogP contribution >= 0.6 is 0 Å². The first kappa shape index (κ1) is 12.0. The zero-order valence-corrected chi connectivity index (χ0v) is 9.60. The third-order valence-corrected chi connectivity index (χ3v) is 2.18. The number of hydrogen-bond acceptors (Lipinski definition) is 3. The summed E-state index contributed by atoms with van der Waals surface area (Å²) >= 11 is 0. The van der Waals surface area contributed by atoms with Crippen LogP contribution in [0, 0.1) is 5.92 Å². The van der Waals surface area contributed by atoms with Gasteiger partial charge < -0.3 is 9.84 Å². The third kappa shape index (κ3) is 3.51. The second kappa shape index (κ2) is 5.71. The van der Waals surface area contributed by atoms with Crippen LogP contribution in [0.15, 0.2) is 18.5 Å². The highest BCUT2D eigenvalue weighted by atomic mass is 16.5. The summed E-state index contributed by atoms with van der Waals surface area (Å²) in [4.78, 5) is 4.06. The fraction of sp³-hybridized carbons (Fsp3) is 0.583. The molecule has 0 aromatic carbocycles. The van der Waals surface area contributed by atoms with Crippen molar-refractivity contribution in [2.24, 2.45) is 5.92 Å². The van der Waals surface area contributed by atoms with Crippen LogP contribution in [0.4, 0.5) is 0 Å². The Morgan fingerprint density at radius 3 is 2.73 bits per heavy atom. The molecule has 0 bridgehead atoms. The second-order valence-corrected chi connectivity index (χ2v) is 3.99. The quantitative estimate of drug-likeness (QED) is 0.810. The molecule has 0 radical (unpaired) electrons. The lowest BCUT2D eigenvalue weighted by Crippen LogP contribution is -2.06. The minimum absolute atomic E-state index is 0.188. The maximum absolute atomic E-state index is 9.85. The van der Waals surface area contributed by atoms with Crippen LogP contribution in [0.3, 0.4) is 0 Å². The molecule has 0 saturated carbocycles. The Hall–Kier alpha value is -1.09. The Kier molecular flexibility index (Phi) is 4.56. The van der Waals surface area contributed by atoms with Gasteiger partial charge in [-0.15, -0.1) is 0 Å². The minimum Gasteiger partial charge on any atom is -0.492 e. The van der Waals surface area contributed by atoms with Crippen LogP contribution < -0.4 is 4.74 Å². The van der Waals surface area contributed by atoms with Crippen LogP contribution in [0.5, 0.6) is 5.75 Å². The molecule has 15 heavy (non-hydrogen) atoms. The lowest BCUT2D eigenvalue weighted by Gasteiger charge is -2.15. The number of aromatic nitrogens is 1. The molecule has 1 aromatic rings. The van der Waals surface area contributed by atoms with E-state index in [2.05, 4.69) is 11.9 Å². The standard InChI is InChI=1S/C12H19NO2/c1-4-5-15-11-6-10(7-13-8-11)12(14)9(2)3/h6-9,12,14H,4-5H2,1-3H3. The van der Waals surface area contributed by atoms with Crippen LogP contribution in [-0.4, -0.2) is 16.7 Å². The van der Waals surface area contributed by atoms with Gasteiger partial charge in [0, 0.05) is 11.8 Å². The highest BCUT2D eigenvalue weighted by molar-refractivity contribution is 5.25. The zero-order chi connectivity index (χ0) is 11.3. The summed E-state index contributed by atoms with van der Waals surface area (Å²) in [6, 6.07) is 1.85. The van der Waals surface area contributed by atoms with Gasteiger partial charge in [0.05, 0.1) is 18.9 Å². The Balaban J connectivity index is 2.73. The van der Waals surface area contributed by atoms with Gasteiger partial charge in [-0.2, -0.15) is 0 Å². The normalized spacial score (nSPS) is 12.9. The highest BCUT2D eigenvalue weighted by Crippen LogP contribution is 2.23. The Morgan fingerprint density at radius 1 is 1.40 bits per heavy atom. The molecule has 1 rings (SSSR count). The molecule has 0 aliphatic heterocycles. The number of nitrogens with zero attached hydrogens (tertiary/aromatic N) is 1. The van der Waals surface area contributed by atoms with Crippen LogP contribution in [0.1, 0.15) is 38.9 Å². The smallest absolute Gasteiger partial charge is 0.137 e. The van der Waals surface area contributed by atoms with Crippen molar-refractivity contribution in [2.45, 2.75) is 33.3 Å². The summed E-state index contributed by atoms with van der Waals surface area (Å²) in [5.41, 5.74) is 0.818. The van der Waals surface area contributed by atoms with Crippen molar-refractivity contribution in [3.05, 3.63) is 24.0 Å². The average Bonchev–Trinajstić information content (AvgIpc) is 2.25. The van der Waals surface area contributed by atoms with Crippen LogP contribution in [-0.2, 0) is 0 Å². The van der Waals surface area contributed by atoms with Crippen molar-refractivity contribution in [1.29, 1.82) is 0 Å². The molecule has 0 aliphatic rings. The monoisotopic (exact) mass is 209 g/mol. The molecule has 1 unspecified atom stereocenters. The topological polar surface area (TPSA) is 42.4 Å². The molecule has 84 valence electrons. The molecule has 0 spiro atoms. The van der Waals surface area contributed by atoms with E-state index in [0.717, 1.165) is 17.7 Å². The number of pyridine rings is 1. The van der Waals surface area contributed by atoms with Gasteiger partial charge in [0.2, 0.25) is 0 Å². The Morgan fingerprint density at radius 2 is 2.13 bits per heavy atom. The number of rotatable bonds is 5. The maximum Gasteiger partial charge on any atom is 0.137 e. The molecule has 0 aliphatic carbocycles. The summed E-state index contributed by atoms with van der Waals surface area (Å²) in [6.45, 7) is 6.69. The first-order valence-electron chi connectivity index (χ1n) is 5.41. The summed E-state index contributed by atoms with van der Waals surface area (Å²) in [7, 11) is 0. The first-order chi connectivity index (χ1) is 7.15. The fourth-order valence-corrected chi connectivity index (χ4v) is 1.28. The van der Waals surface area contributed by atoms with Crippen molar-refractivity contribution in [3.63, 3.8) is 0 Å². The summed E-state index contributed by atoms with van der Waals surface area (Å²) < 4.78 is 5.45. The molecule has 3 nitrogen and oxygen atoms in total. The fourth-order valence-electron chi connectivity index (χ4n) is 1.28. The molecule has 0 saturated heterocycles. The second-order valence-electron chi connectivity index (χ2n) is 3.99. The molecule has 0 fully saturated rings. The lowest BCUT2D eigenvalue weighted by atomic mass is 10.0. The van der Waals surface area contributed by atoms with E-state index in [-0.39, 0.29) is 5.92 Å². The number of aliphatic hydroxyl groups is 1. The van der Waals surface area contributed by atoms with Crippen molar-refractivity contribution in [3.8, 4) is 5.75 Å². The van der Waals surface area contributed by atoms with E-state index in [4.69, 9.17) is 4.74 Å². The summed E-state index contributed by atoms with van der Waals surface area (Å²) in [6.07, 6.45) is 3.86. The molecule has 3 heteroatoms. The van der Waals surface area contributed by atoms with Gasteiger partial charge >= 0.3 is 0 Å². The SMILES string of the molecule is CCCOc1cncc(C(O)C(C)C)c1. The lowest BCUT2D eigenvalue weighted by molar-refractivity contribution is 0.126. The summed E-state index contributed by atoms with van der Waals surface area (Å²) in [5, 5.41) is 9.85. The van der Waals surface area contributed by atoms with Gasteiger partial charge in [-0.25, -0.2) is 0 Å². The third-order valence-electron chi connectivity index (χ3n) is 2.18. The van der Waals surface area contributed by atoms with Gasteiger partial charge in [0.1, 0.15) is 5.75 Å². The molecular weight excluding hydrogens is 190 g/mol. The highest BCUT2D eigenvalue weighted by Gasteiger charge is 2.12. The average molecular weight is 209 g/mol. The Labute approximate surface area is 91.1 Å². The van der Waals surface area contributed by atoms with E-state index in [9.17, 15) is 5.11 Å². The summed E-state index contributed by atoms with van der Waals surface area (Å²) in [5.74, 6) is 0.919. The molecule has 0 amide bonds. The number of aliphatic hydroxyl groups excluding tert-OH is 1. The predicted molar refractivity (Wildman–Crippen MR) is 59.8 cm³/mol. The van der Waals surface area contributed by atoms with E-state index in [0.29, 0.717) is 6.61 Å². The number of hydrogen-bond donors (Lipinski definition) is 1. The van der Waals surface area contributed by atoms with Gasteiger partial charge in [-0.05, 0) is 18.4 Å². The van der Waals surface area contributed by atoms with E-state index in [1.807, 2.05) is 19.9 Å². The molecule has 1 atom stereocenters. The molecular formula is C12H19NO2. The zero-order valence-electron chi connectivity index (χ0n) is 9.60. The van der Waals surface area contributed by atoms with Gasteiger partial charge in [0.25, 0.3) is 0 Å². The minimum atomic E-state index is -0.470. The predicted octanol–water partition coefficient (Wildman–Crippen LogP) is 2.56. The molecule has 1 heterocycles. The number of ether oxygens (including phenoxy) is 1. The van der Waals surface area contributed by atoms with Gasteiger partial charge in [0.15, 0.2) is 0 Å². The van der Waals surface area contributed by atoms with E-state index in [1.54, 1.807) is 12.4 Å². The van der Waals surface area contributed by atoms with Gasteiger partial charge in [-0.1, -0.05) is 20.8 Å². The van der Waals surface area contributed by atoms with Crippen molar-refractivity contribution in [1.82, 2.24) is 4.98 Å². The molecule has 1 aromatic heterocycles. The van der Waals surface area contributed by atoms with Gasteiger partial charge in [-0.3, -0.25) is 4.98 Å².